The van der Waals surface area contributed by atoms with Crippen LogP contribution in [0.3, 0.4) is 0 Å². The van der Waals surface area contributed by atoms with Gasteiger partial charge in [-0.1, -0.05) is 11.8 Å². The number of aromatic nitrogens is 2. The summed E-state index contributed by atoms with van der Waals surface area (Å²) in [6.45, 7) is -2.35. The fourth-order valence-corrected chi connectivity index (χ4v) is 5.67. The lowest BCUT2D eigenvalue weighted by Gasteiger charge is -2.27. The van der Waals surface area contributed by atoms with Gasteiger partial charge in [-0.15, -0.1) is 0 Å². The summed E-state index contributed by atoms with van der Waals surface area (Å²) >= 11 is 0. The number of nitrogens with one attached hydrogen (secondary N) is 1. The van der Waals surface area contributed by atoms with Gasteiger partial charge in [-0.05, 0) is 0 Å². The van der Waals surface area contributed by atoms with E-state index in [1.54, 1.807) is 0 Å². The molecule has 1 saturated heterocycles. The highest BCUT2D eigenvalue weighted by Crippen LogP contribution is 2.66. The number of alkyl halides is 1. The van der Waals surface area contributed by atoms with Gasteiger partial charge >= 0.3 is 29.2 Å². The van der Waals surface area contributed by atoms with E-state index in [-0.39, 0.29) is 0 Å². The molecule has 6 atom stereocenters. The Morgan fingerprint density at radius 1 is 1.21 bits per heavy atom. The van der Waals surface area contributed by atoms with Crippen molar-refractivity contribution >= 4 is 23.5 Å². The molecular weight excluding hydrogens is 522 g/mol. The molecule has 8 N–H and O–H groups in total. The molecule has 1 aliphatic rings. The van der Waals surface area contributed by atoms with Crippen molar-refractivity contribution in [3.8, 4) is 11.8 Å². The Hall–Kier alpha value is -1.54. The molecule has 2 rings (SSSR count). The van der Waals surface area contributed by atoms with Crippen molar-refractivity contribution in [2.45, 2.75) is 24.0 Å². The smallest absolute Gasteiger partial charge is 0.387 e. The normalized spacial score (nSPS) is 29.0. The number of aromatic amines is 1. The highest BCUT2D eigenvalue weighted by molar-refractivity contribution is 7.66. The highest BCUT2D eigenvalue weighted by Gasteiger charge is 2.55. The van der Waals surface area contributed by atoms with Crippen molar-refractivity contribution < 1.29 is 60.6 Å². The quantitative estimate of drug-likeness (QED) is 0.137. The number of H-pyrrole nitrogens is 1. The molecule has 2 heterocycles. The topological polar surface area (TPSA) is 270 Å². The molecule has 1 fully saturated rings. The maximum atomic E-state index is 12.6. The summed E-state index contributed by atoms with van der Waals surface area (Å²) in [5.74, 6) is 4.09. The van der Waals surface area contributed by atoms with E-state index in [0.29, 0.717) is 4.57 Å². The van der Waals surface area contributed by atoms with E-state index >= 15 is 0 Å². The van der Waals surface area contributed by atoms with Gasteiger partial charge in [0.15, 0.2) is 11.8 Å². The average Bonchev–Trinajstić information content (AvgIpc) is 2.87. The minimum Gasteiger partial charge on any atom is -0.387 e. The van der Waals surface area contributed by atoms with Crippen LogP contribution < -0.4 is 17.0 Å². The van der Waals surface area contributed by atoms with Gasteiger partial charge in [-0.25, -0.2) is 22.9 Å². The van der Waals surface area contributed by atoms with Gasteiger partial charge in [0.25, 0.3) is 5.56 Å². The van der Waals surface area contributed by atoms with Crippen LogP contribution in [0.1, 0.15) is 6.23 Å². The van der Waals surface area contributed by atoms with Crippen LogP contribution in [0.2, 0.25) is 0 Å². The first-order valence-electron chi connectivity index (χ1n) is 8.28. The standard InChI is InChI=1S/C12H17FN3O14P3/c13-4-1-3-12(14)9(18)7(28-10(12)16-5-2-8(17)15-11(16)19)6-27-32(23,24)30-33(25,26)29-31(20,21)22/h2,5,7,9-10,18H,4,6,14H2,(H,23,24)(H,25,26)(H,15,17,19)(H2,20,21,22)/t7-,9+,10-,12?/m1/s1. The van der Waals surface area contributed by atoms with Gasteiger partial charge in [0.1, 0.15) is 18.9 Å². The van der Waals surface area contributed by atoms with Crippen molar-refractivity contribution in [2.24, 2.45) is 5.73 Å². The van der Waals surface area contributed by atoms with Gasteiger partial charge in [-0.3, -0.25) is 18.9 Å². The predicted molar refractivity (Wildman–Crippen MR) is 102 cm³/mol. The van der Waals surface area contributed by atoms with Crippen LogP contribution in [-0.2, 0) is 31.6 Å². The summed E-state index contributed by atoms with van der Waals surface area (Å²) in [7, 11) is -17.0. The molecule has 0 radical (unpaired) electrons. The third-order valence-corrected chi connectivity index (χ3v) is 7.65. The van der Waals surface area contributed by atoms with Gasteiger partial charge < -0.3 is 35.2 Å². The second kappa shape index (κ2) is 9.98. The Morgan fingerprint density at radius 2 is 1.85 bits per heavy atom. The molecule has 0 amide bonds. The number of aliphatic hydroxyl groups is 1. The van der Waals surface area contributed by atoms with Crippen molar-refractivity contribution in [1.82, 2.24) is 9.55 Å². The van der Waals surface area contributed by atoms with Crippen LogP contribution in [0.5, 0.6) is 0 Å². The van der Waals surface area contributed by atoms with E-state index in [4.69, 9.17) is 25.2 Å². The Labute approximate surface area is 182 Å². The largest absolute Gasteiger partial charge is 0.490 e. The third-order valence-electron chi connectivity index (χ3n) is 3.85. The fraction of sp³-hybridized carbons (Fsp3) is 0.500. The van der Waals surface area contributed by atoms with Crippen LogP contribution in [0.25, 0.3) is 0 Å². The summed E-state index contributed by atoms with van der Waals surface area (Å²) in [6.07, 6.45) is -4.40. The molecule has 1 aromatic rings. The summed E-state index contributed by atoms with van der Waals surface area (Å²) in [6, 6.07) is 0.888. The highest BCUT2D eigenvalue weighted by atomic mass is 31.3. The number of nitrogens with zero attached hydrogens (tertiary/aromatic N) is 1. The predicted octanol–water partition coefficient (Wildman–Crippen LogP) is -2.19. The minimum absolute atomic E-state index is 0.683. The average molecular weight is 539 g/mol. The first-order chi connectivity index (χ1) is 15.0. The van der Waals surface area contributed by atoms with Crippen LogP contribution in [-0.4, -0.2) is 65.3 Å². The van der Waals surface area contributed by atoms with Gasteiger partial charge in [-0.2, -0.15) is 8.62 Å². The minimum atomic E-state index is -5.80. The first-order valence-corrected chi connectivity index (χ1v) is 12.8. The molecule has 3 unspecified atom stereocenters. The lowest BCUT2D eigenvalue weighted by atomic mass is 9.91. The van der Waals surface area contributed by atoms with E-state index < -0.39 is 72.0 Å². The molecule has 1 aromatic heterocycles. The van der Waals surface area contributed by atoms with E-state index in [9.17, 15) is 37.7 Å². The molecule has 33 heavy (non-hydrogen) atoms. The molecule has 21 heteroatoms. The summed E-state index contributed by atoms with van der Waals surface area (Å²) in [5, 5.41) is 10.5. The molecule has 186 valence electrons. The molecular formula is C12H17FN3O14P3. The molecule has 0 bridgehead atoms. The molecule has 0 saturated carbocycles. The summed E-state index contributed by atoms with van der Waals surface area (Å²) < 4.78 is 63.9. The Morgan fingerprint density at radius 3 is 2.39 bits per heavy atom. The Bertz CT molecular complexity index is 1200. The van der Waals surface area contributed by atoms with E-state index in [0.717, 1.165) is 12.3 Å². The molecule has 1 aliphatic heterocycles. The number of hydrogen-bond acceptors (Lipinski definition) is 11. The zero-order valence-electron chi connectivity index (χ0n) is 16.0. The number of nitrogens with two attached hydrogens (primary N) is 1. The van der Waals surface area contributed by atoms with Gasteiger partial charge in [0.2, 0.25) is 0 Å². The number of rotatable bonds is 8. The molecule has 17 nitrogen and oxygen atoms in total. The SMILES string of the molecule is NC1(C#CCF)[C@@H](O)[C@@H](COP(=O)(O)OP(=O)(O)OP(=O)(O)O)O[C@H]1n1ccc(=O)[nH]c1=O. The van der Waals surface area contributed by atoms with E-state index in [1.165, 1.54) is 0 Å². The van der Waals surface area contributed by atoms with Crippen LogP contribution in [0, 0.1) is 11.8 Å². The molecule has 0 spiro atoms. The zero-order chi connectivity index (χ0) is 25.2. The van der Waals surface area contributed by atoms with Crippen LogP contribution >= 0.6 is 23.5 Å². The van der Waals surface area contributed by atoms with Crippen molar-refractivity contribution in [2.75, 3.05) is 13.3 Å². The number of phosphoric ester groups is 1. The maximum Gasteiger partial charge on any atom is 0.490 e. The van der Waals surface area contributed by atoms with Gasteiger partial charge in [0.05, 0.1) is 6.61 Å². The molecule has 0 aromatic carbocycles. The second-order valence-electron chi connectivity index (χ2n) is 6.24. The van der Waals surface area contributed by atoms with Crippen LogP contribution in [0.4, 0.5) is 4.39 Å². The third kappa shape index (κ3) is 7.22. The number of hydrogen-bond donors (Lipinski definition) is 7. The fourth-order valence-electron chi connectivity index (χ4n) is 2.64. The van der Waals surface area contributed by atoms with Crippen LogP contribution in [0.15, 0.2) is 21.9 Å². The Balaban J connectivity index is 2.26. The number of halogens is 1. The monoisotopic (exact) mass is 539 g/mol. The number of ether oxygens (including phenoxy) is 1. The lowest BCUT2D eigenvalue weighted by Crippen LogP contribution is -2.55. The summed E-state index contributed by atoms with van der Waals surface area (Å²) in [4.78, 5) is 60.9. The second-order valence-corrected chi connectivity index (χ2v) is 10.7. The summed E-state index contributed by atoms with van der Waals surface area (Å²) in [5.41, 5.74) is 1.91. The number of phosphoric acid groups is 3. The van der Waals surface area contributed by atoms with E-state index in [1.807, 2.05) is 10.9 Å². The van der Waals surface area contributed by atoms with Crippen molar-refractivity contribution in [3.63, 3.8) is 0 Å². The lowest BCUT2D eigenvalue weighted by molar-refractivity contribution is -0.0468. The first kappa shape index (κ1) is 27.7. The molecule has 0 aliphatic carbocycles. The Kier molecular flexibility index (Phi) is 8.38. The van der Waals surface area contributed by atoms with Gasteiger partial charge in [0, 0.05) is 12.3 Å². The van der Waals surface area contributed by atoms with Crippen molar-refractivity contribution in [3.05, 3.63) is 33.1 Å². The maximum absolute atomic E-state index is 12.6. The van der Waals surface area contributed by atoms with E-state index in [2.05, 4.69) is 19.1 Å². The van der Waals surface area contributed by atoms with Crippen molar-refractivity contribution in [1.29, 1.82) is 0 Å². The number of aliphatic hydroxyl groups excluding tert-OH is 1. The zero-order valence-corrected chi connectivity index (χ0v) is 18.6.